The fraction of sp³-hybridized carbons (Fsp3) is 0.300. The number of hydrogen-bond acceptors (Lipinski definition) is 3. The van der Waals surface area contributed by atoms with Crippen molar-refractivity contribution in [1.29, 1.82) is 0 Å². The highest BCUT2D eigenvalue weighted by Gasteiger charge is 2.27. The molecule has 0 radical (unpaired) electrons. The molecule has 18 heavy (non-hydrogen) atoms. The summed E-state index contributed by atoms with van der Waals surface area (Å²) in [5, 5.41) is 2.03. The summed E-state index contributed by atoms with van der Waals surface area (Å²) in [6.45, 7) is -2.39. The lowest BCUT2D eigenvalue weighted by Gasteiger charge is -2.10. The van der Waals surface area contributed by atoms with E-state index in [0.717, 1.165) is 6.07 Å². The number of nitrogens with one attached hydrogen (secondary N) is 1. The summed E-state index contributed by atoms with van der Waals surface area (Å²) >= 11 is 0. The van der Waals surface area contributed by atoms with E-state index in [0.29, 0.717) is 0 Å². The number of alkyl halides is 3. The first-order valence-corrected chi connectivity index (χ1v) is 4.78. The lowest BCUT2D eigenvalue weighted by atomic mass is 10.2. The Bertz CT molecular complexity index is 414. The van der Waals surface area contributed by atoms with Crippen LogP contribution in [0.3, 0.4) is 0 Å². The molecule has 0 spiro atoms. The first-order chi connectivity index (χ1) is 8.29. The van der Waals surface area contributed by atoms with Crippen LogP contribution in [0.5, 0.6) is 0 Å². The molecule has 0 atom stereocenters. The number of rotatable bonds is 4. The van der Waals surface area contributed by atoms with E-state index >= 15 is 0 Å². The topological polar surface area (TPSA) is 64.3 Å². The number of ether oxygens (including phenoxy) is 1. The van der Waals surface area contributed by atoms with Crippen LogP contribution in [0.4, 0.5) is 28.9 Å². The van der Waals surface area contributed by atoms with Crippen LogP contribution in [0.25, 0.3) is 0 Å². The Hall–Kier alpha value is -1.83. The molecule has 0 saturated carbocycles. The average molecular weight is 266 g/mol. The Balaban J connectivity index is 2.50. The maximum absolute atomic E-state index is 13.2. The van der Waals surface area contributed by atoms with Gasteiger partial charge in [-0.25, -0.2) is 4.39 Å². The van der Waals surface area contributed by atoms with Crippen LogP contribution in [0.1, 0.15) is 0 Å². The van der Waals surface area contributed by atoms with Crippen molar-refractivity contribution in [1.82, 2.24) is 0 Å². The van der Waals surface area contributed by atoms with Gasteiger partial charge in [0, 0.05) is 0 Å². The highest BCUT2D eigenvalue weighted by molar-refractivity contribution is 5.94. The maximum Gasteiger partial charge on any atom is 0.411 e. The third-order valence-corrected chi connectivity index (χ3v) is 1.81. The zero-order chi connectivity index (χ0) is 13.8. The molecule has 0 aliphatic heterocycles. The standard InChI is InChI=1S/C10H10F4N2O2/c11-6-2-1-3-7(15)9(6)16-8(17)4-18-5-10(12,13)14/h1-3H,4-5,15H2,(H,16,17). The number of para-hydroxylation sites is 1. The van der Waals surface area contributed by atoms with E-state index in [2.05, 4.69) is 4.74 Å². The number of hydrogen-bond donors (Lipinski definition) is 2. The minimum absolute atomic E-state index is 0.0285. The smallest absolute Gasteiger partial charge is 0.397 e. The third-order valence-electron chi connectivity index (χ3n) is 1.81. The van der Waals surface area contributed by atoms with Crippen molar-refractivity contribution < 1.29 is 27.1 Å². The van der Waals surface area contributed by atoms with Crippen LogP contribution < -0.4 is 11.1 Å². The highest BCUT2D eigenvalue weighted by atomic mass is 19.4. The van der Waals surface area contributed by atoms with E-state index in [-0.39, 0.29) is 11.4 Å². The molecular formula is C10H10F4N2O2. The first kappa shape index (κ1) is 14.2. The summed E-state index contributed by atoms with van der Waals surface area (Å²) < 4.78 is 52.5. The number of anilines is 2. The first-order valence-electron chi connectivity index (χ1n) is 4.78. The van der Waals surface area contributed by atoms with Gasteiger partial charge in [-0.3, -0.25) is 4.79 Å². The molecule has 1 aromatic rings. The van der Waals surface area contributed by atoms with Gasteiger partial charge in [0.1, 0.15) is 24.7 Å². The zero-order valence-corrected chi connectivity index (χ0v) is 9.05. The average Bonchev–Trinajstić information content (AvgIpc) is 2.22. The molecule has 0 aliphatic rings. The minimum atomic E-state index is -4.52. The summed E-state index contributed by atoms with van der Waals surface area (Å²) in [5.74, 6) is -1.70. The van der Waals surface area contributed by atoms with E-state index in [4.69, 9.17) is 5.73 Å². The van der Waals surface area contributed by atoms with Crippen molar-refractivity contribution in [3.63, 3.8) is 0 Å². The molecule has 4 nitrogen and oxygen atoms in total. The van der Waals surface area contributed by atoms with Crippen LogP contribution in [0.15, 0.2) is 18.2 Å². The Morgan fingerprint density at radius 1 is 1.39 bits per heavy atom. The van der Waals surface area contributed by atoms with Gasteiger partial charge in [-0.2, -0.15) is 13.2 Å². The lowest BCUT2D eigenvalue weighted by Crippen LogP contribution is -2.24. The second kappa shape index (κ2) is 5.67. The fourth-order valence-corrected chi connectivity index (χ4v) is 1.11. The second-order valence-corrected chi connectivity index (χ2v) is 3.36. The van der Waals surface area contributed by atoms with Gasteiger partial charge in [0.25, 0.3) is 5.91 Å². The Labute approximate surface area is 99.7 Å². The quantitative estimate of drug-likeness (QED) is 0.646. The molecule has 8 heteroatoms. The minimum Gasteiger partial charge on any atom is -0.397 e. The molecule has 0 heterocycles. The summed E-state index contributed by atoms with van der Waals surface area (Å²) in [7, 11) is 0. The molecule has 0 bridgehead atoms. The summed E-state index contributed by atoms with van der Waals surface area (Å²) in [6, 6.07) is 3.73. The molecule has 100 valence electrons. The van der Waals surface area contributed by atoms with Crippen LogP contribution in [0.2, 0.25) is 0 Å². The summed E-state index contributed by atoms with van der Waals surface area (Å²) in [5.41, 5.74) is 5.08. The molecule has 1 rings (SSSR count). The van der Waals surface area contributed by atoms with Crippen molar-refractivity contribution in [2.75, 3.05) is 24.3 Å². The number of halogens is 4. The molecule has 3 N–H and O–H groups in total. The normalized spacial score (nSPS) is 11.3. The molecule has 0 aliphatic carbocycles. The molecule has 0 saturated heterocycles. The lowest BCUT2D eigenvalue weighted by molar-refractivity contribution is -0.174. The van der Waals surface area contributed by atoms with Crippen LogP contribution >= 0.6 is 0 Å². The van der Waals surface area contributed by atoms with Gasteiger partial charge in [0.05, 0.1) is 5.69 Å². The van der Waals surface area contributed by atoms with Crippen LogP contribution in [0, 0.1) is 5.82 Å². The monoisotopic (exact) mass is 266 g/mol. The Morgan fingerprint density at radius 2 is 2.06 bits per heavy atom. The van der Waals surface area contributed by atoms with Gasteiger partial charge in [-0.1, -0.05) is 6.07 Å². The van der Waals surface area contributed by atoms with Gasteiger partial charge in [-0.15, -0.1) is 0 Å². The molecule has 0 aromatic heterocycles. The molecule has 0 fully saturated rings. The van der Waals surface area contributed by atoms with E-state index in [1.54, 1.807) is 0 Å². The molecule has 0 unspecified atom stereocenters. The number of amides is 1. The van der Waals surface area contributed by atoms with Crippen molar-refractivity contribution in [3.05, 3.63) is 24.0 Å². The van der Waals surface area contributed by atoms with E-state index in [1.807, 2.05) is 5.32 Å². The maximum atomic E-state index is 13.2. The van der Waals surface area contributed by atoms with Crippen molar-refractivity contribution in [2.24, 2.45) is 0 Å². The number of carbonyl (C=O) groups excluding carboxylic acids is 1. The fourth-order valence-electron chi connectivity index (χ4n) is 1.11. The van der Waals surface area contributed by atoms with Gasteiger partial charge < -0.3 is 15.8 Å². The number of nitrogens with two attached hydrogens (primary N) is 1. The second-order valence-electron chi connectivity index (χ2n) is 3.36. The molecule has 1 aromatic carbocycles. The van der Waals surface area contributed by atoms with Crippen molar-refractivity contribution in [3.8, 4) is 0 Å². The van der Waals surface area contributed by atoms with Gasteiger partial charge >= 0.3 is 6.18 Å². The van der Waals surface area contributed by atoms with Crippen LogP contribution in [-0.2, 0) is 9.53 Å². The Kier molecular flexibility index (Phi) is 4.49. The zero-order valence-electron chi connectivity index (χ0n) is 9.05. The summed E-state index contributed by atoms with van der Waals surface area (Å²) in [4.78, 5) is 11.2. The van der Waals surface area contributed by atoms with Gasteiger partial charge in [0.2, 0.25) is 0 Å². The van der Waals surface area contributed by atoms with Crippen LogP contribution in [-0.4, -0.2) is 25.3 Å². The largest absolute Gasteiger partial charge is 0.411 e. The summed E-state index contributed by atoms with van der Waals surface area (Å²) in [6.07, 6.45) is -4.52. The van der Waals surface area contributed by atoms with E-state index < -0.39 is 31.1 Å². The number of carbonyl (C=O) groups is 1. The van der Waals surface area contributed by atoms with E-state index in [9.17, 15) is 22.4 Å². The van der Waals surface area contributed by atoms with Gasteiger partial charge in [-0.05, 0) is 12.1 Å². The van der Waals surface area contributed by atoms with Crippen molar-refractivity contribution >= 4 is 17.3 Å². The van der Waals surface area contributed by atoms with E-state index in [1.165, 1.54) is 12.1 Å². The number of benzene rings is 1. The predicted molar refractivity (Wildman–Crippen MR) is 56.3 cm³/mol. The SMILES string of the molecule is Nc1cccc(F)c1NC(=O)COCC(F)(F)F. The molecule has 1 amide bonds. The molecular weight excluding hydrogens is 256 g/mol. The Morgan fingerprint density at radius 3 is 2.61 bits per heavy atom. The number of nitrogen functional groups attached to an aromatic ring is 1. The van der Waals surface area contributed by atoms with Crippen molar-refractivity contribution in [2.45, 2.75) is 6.18 Å². The predicted octanol–water partition coefficient (Wildman–Crippen LogP) is 1.93. The van der Waals surface area contributed by atoms with Gasteiger partial charge in [0.15, 0.2) is 0 Å². The third kappa shape index (κ3) is 4.58. The highest BCUT2D eigenvalue weighted by Crippen LogP contribution is 2.21.